The number of amides is 2. The predicted octanol–water partition coefficient (Wildman–Crippen LogP) is 2.13. The fraction of sp³-hybridized carbons (Fsp3) is 0.571. The molecule has 0 N–H and O–H groups in total. The molecule has 1 aliphatic carbocycles. The highest BCUT2D eigenvalue weighted by Gasteiger charge is 2.33. The molecule has 1 saturated heterocycles. The minimum Gasteiger partial charge on any atom is -0.497 e. The molecule has 1 saturated carbocycles. The van der Waals surface area contributed by atoms with Crippen molar-refractivity contribution in [1.29, 1.82) is 0 Å². The van der Waals surface area contributed by atoms with Crippen LogP contribution in [0.5, 0.6) is 5.75 Å². The van der Waals surface area contributed by atoms with Gasteiger partial charge >= 0.3 is 5.97 Å². The molecule has 7 heteroatoms. The Morgan fingerprint density at radius 3 is 2.57 bits per heavy atom. The van der Waals surface area contributed by atoms with Gasteiger partial charge in [0.15, 0.2) is 6.61 Å². The smallest absolute Gasteiger partial charge is 0.326 e. The van der Waals surface area contributed by atoms with E-state index in [1.54, 1.807) is 12.0 Å². The Balaban J connectivity index is 1.49. The van der Waals surface area contributed by atoms with E-state index in [1.165, 1.54) is 4.90 Å². The molecule has 0 atom stereocenters. The Kier molecular flexibility index (Phi) is 6.90. The lowest BCUT2D eigenvalue weighted by Gasteiger charge is -2.23. The second-order valence-electron chi connectivity index (χ2n) is 7.39. The van der Waals surface area contributed by atoms with E-state index in [1.807, 2.05) is 24.3 Å². The summed E-state index contributed by atoms with van der Waals surface area (Å²) in [6.07, 6.45) is 5.18. The summed E-state index contributed by atoms with van der Waals surface area (Å²) in [4.78, 5) is 40.0. The monoisotopic (exact) mass is 388 g/mol. The third kappa shape index (κ3) is 5.71. The molecule has 1 aliphatic heterocycles. The van der Waals surface area contributed by atoms with Gasteiger partial charge < -0.3 is 19.3 Å². The molecule has 2 amide bonds. The summed E-state index contributed by atoms with van der Waals surface area (Å²) in [5.74, 6) is 0.0302. The first-order valence-electron chi connectivity index (χ1n) is 9.92. The van der Waals surface area contributed by atoms with Crippen LogP contribution in [0, 0.1) is 0 Å². The maximum atomic E-state index is 12.6. The van der Waals surface area contributed by atoms with E-state index < -0.39 is 5.97 Å². The van der Waals surface area contributed by atoms with Gasteiger partial charge in [0.05, 0.1) is 7.11 Å². The van der Waals surface area contributed by atoms with Gasteiger partial charge in [0.1, 0.15) is 12.3 Å². The predicted molar refractivity (Wildman–Crippen MR) is 103 cm³/mol. The van der Waals surface area contributed by atoms with Crippen molar-refractivity contribution in [3.63, 3.8) is 0 Å². The van der Waals surface area contributed by atoms with Crippen LogP contribution < -0.4 is 4.74 Å². The van der Waals surface area contributed by atoms with Crippen LogP contribution in [0.1, 0.15) is 44.1 Å². The number of likely N-dealkylation sites (tertiary alicyclic amines) is 1. The van der Waals surface area contributed by atoms with Crippen molar-refractivity contribution in [3.8, 4) is 5.75 Å². The summed E-state index contributed by atoms with van der Waals surface area (Å²) in [7, 11) is 1.61. The molecule has 0 spiro atoms. The van der Waals surface area contributed by atoms with Gasteiger partial charge in [0, 0.05) is 25.6 Å². The standard InChI is InChI=1S/C21H28N2O5/c1-27-18-10-6-16(7-11-18)13-23(17-8-9-17)20(25)15-28-21(26)14-22-12-4-2-3-5-19(22)24/h6-7,10-11,17H,2-5,8-9,12-15H2,1H3. The molecule has 0 bridgehead atoms. The molecule has 152 valence electrons. The quantitative estimate of drug-likeness (QED) is 0.638. The molecule has 2 fully saturated rings. The maximum Gasteiger partial charge on any atom is 0.326 e. The van der Waals surface area contributed by atoms with E-state index >= 15 is 0 Å². The Morgan fingerprint density at radius 2 is 1.89 bits per heavy atom. The fourth-order valence-corrected chi connectivity index (χ4v) is 3.37. The van der Waals surface area contributed by atoms with Crippen molar-refractivity contribution in [1.82, 2.24) is 9.80 Å². The van der Waals surface area contributed by atoms with Gasteiger partial charge in [0.2, 0.25) is 5.91 Å². The van der Waals surface area contributed by atoms with Crippen LogP contribution in [0.2, 0.25) is 0 Å². The first-order chi connectivity index (χ1) is 13.6. The largest absolute Gasteiger partial charge is 0.497 e. The summed E-state index contributed by atoms with van der Waals surface area (Å²) < 4.78 is 10.3. The summed E-state index contributed by atoms with van der Waals surface area (Å²) in [5, 5.41) is 0. The molecule has 1 aromatic carbocycles. The molecule has 2 aliphatic rings. The third-order valence-corrected chi connectivity index (χ3v) is 5.17. The Hall–Kier alpha value is -2.57. The minimum absolute atomic E-state index is 0.0140. The van der Waals surface area contributed by atoms with Crippen molar-refractivity contribution < 1.29 is 23.9 Å². The molecule has 3 rings (SSSR count). The number of carbonyl (C=O) groups is 3. The lowest BCUT2D eigenvalue weighted by atomic mass is 10.2. The van der Waals surface area contributed by atoms with Gasteiger partial charge in [-0.1, -0.05) is 18.6 Å². The number of hydrogen-bond acceptors (Lipinski definition) is 5. The van der Waals surface area contributed by atoms with Crippen LogP contribution in [-0.4, -0.2) is 60.4 Å². The number of esters is 1. The molecule has 7 nitrogen and oxygen atoms in total. The number of nitrogens with zero attached hydrogens (tertiary/aromatic N) is 2. The van der Waals surface area contributed by atoms with Crippen molar-refractivity contribution in [3.05, 3.63) is 29.8 Å². The van der Waals surface area contributed by atoms with E-state index in [4.69, 9.17) is 9.47 Å². The third-order valence-electron chi connectivity index (χ3n) is 5.17. The van der Waals surface area contributed by atoms with Crippen LogP contribution in [-0.2, 0) is 25.7 Å². The summed E-state index contributed by atoms with van der Waals surface area (Å²) in [5.41, 5.74) is 1.00. The highest BCUT2D eigenvalue weighted by molar-refractivity contribution is 5.84. The van der Waals surface area contributed by atoms with Gasteiger partial charge in [0.25, 0.3) is 5.91 Å². The van der Waals surface area contributed by atoms with E-state index in [0.717, 1.165) is 43.4 Å². The van der Waals surface area contributed by atoms with Crippen LogP contribution >= 0.6 is 0 Å². The van der Waals surface area contributed by atoms with E-state index in [9.17, 15) is 14.4 Å². The molecule has 0 radical (unpaired) electrons. The van der Waals surface area contributed by atoms with Gasteiger partial charge in [-0.05, 0) is 43.4 Å². The van der Waals surface area contributed by atoms with Crippen molar-refractivity contribution in [2.45, 2.75) is 51.1 Å². The molecule has 28 heavy (non-hydrogen) atoms. The minimum atomic E-state index is -0.524. The van der Waals surface area contributed by atoms with E-state index in [-0.39, 0.29) is 31.0 Å². The van der Waals surface area contributed by atoms with E-state index in [2.05, 4.69) is 0 Å². The SMILES string of the molecule is COc1ccc(CN(C(=O)COC(=O)CN2CCCCCC2=O)C2CC2)cc1. The summed E-state index contributed by atoms with van der Waals surface area (Å²) in [6.45, 7) is 0.699. The zero-order chi connectivity index (χ0) is 19.9. The Bertz CT molecular complexity index is 699. The number of benzene rings is 1. The molecular formula is C21H28N2O5. The lowest BCUT2D eigenvalue weighted by molar-refractivity contribution is -0.155. The average Bonchev–Trinajstić information content (AvgIpc) is 3.55. The van der Waals surface area contributed by atoms with Crippen LogP contribution in [0.3, 0.4) is 0 Å². The number of methoxy groups -OCH3 is 1. The Morgan fingerprint density at radius 1 is 1.14 bits per heavy atom. The molecule has 1 heterocycles. The first-order valence-corrected chi connectivity index (χ1v) is 9.92. The molecule has 0 unspecified atom stereocenters. The second-order valence-corrected chi connectivity index (χ2v) is 7.39. The highest BCUT2D eigenvalue weighted by Crippen LogP contribution is 2.28. The van der Waals surface area contributed by atoms with E-state index in [0.29, 0.717) is 19.5 Å². The number of rotatable bonds is 8. The topological polar surface area (TPSA) is 76.2 Å². The molecular weight excluding hydrogens is 360 g/mol. The highest BCUT2D eigenvalue weighted by atomic mass is 16.5. The first kappa shape index (κ1) is 20.2. The van der Waals surface area contributed by atoms with Gasteiger partial charge in [-0.15, -0.1) is 0 Å². The van der Waals surface area contributed by atoms with Crippen LogP contribution in [0.4, 0.5) is 0 Å². The van der Waals surface area contributed by atoms with Crippen LogP contribution in [0.25, 0.3) is 0 Å². The van der Waals surface area contributed by atoms with Gasteiger partial charge in [-0.2, -0.15) is 0 Å². The van der Waals surface area contributed by atoms with Gasteiger partial charge in [-0.25, -0.2) is 0 Å². The second kappa shape index (κ2) is 9.57. The Labute approximate surface area is 165 Å². The lowest BCUT2D eigenvalue weighted by Crippen LogP contribution is -2.39. The zero-order valence-electron chi connectivity index (χ0n) is 16.4. The average molecular weight is 388 g/mol. The fourth-order valence-electron chi connectivity index (χ4n) is 3.37. The zero-order valence-corrected chi connectivity index (χ0v) is 16.4. The maximum absolute atomic E-state index is 12.6. The van der Waals surface area contributed by atoms with Gasteiger partial charge in [-0.3, -0.25) is 14.4 Å². The molecule has 0 aromatic heterocycles. The van der Waals surface area contributed by atoms with Crippen LogP contribution in [0.15, 0.2) is 24.3 Å². The number of carbonyl (C=O) groups excluding carboxylic acids is 3. The number of hydrogen-bond donors (Lipinski definition) is 0. The van der Waals surface area contributed by atoms with Crippen molar-refractivity contribution >= 4 is 17.8 Å². The number of ether oxygens (including phenoxy) is 2. The molecule has 1 aromatic rings. The van der Waals surface area contributed by atoms with Crippen molar-refractivity contribution in [2.24, 2.45) is 0 Å². The summed E-state index contributed by atoms with van der Waals surface area (Å²) >= 11 is 0. The van der Waals surface area contributed by atoms with Crippen molar-refractivity contribution in [2.75, 3.05) is 26.8 Å². The summed E-state index contributed by atoms with van der Waals surface area (Å²) in [6, 6.07) is 7.80. The normalized spacial score (nSPS) is 17.0.